The molecule has 1 aromatic rings. The van der Waals surface area contributed by atoms with Crippen molar-refractivity contribution < 1.29 is 50.6 Å². The first-order valence-corrected chi connectivity index (χ1v) is 18.2. The van der Waals surface area contributed by atoms with E-state index < -0.39 is 58.4 Å². The molecule has 1 rings (SSSR count). The number of unbranched alkanes of at least 4 members (excludes halogenated alkanes) is 14. The van der Waals surface area contributed by atoms with Crippen LogP contribution >= 0.6 is 0 Å². The summed E-state index contributed by atoms with van der Waals surface area (Å²) in [7, 11) is 0. The summed E-state index contributed by atoms with van der Waals surface area (Å²) in [5.74, 6) is -15.4. The largest absolute Gasteiger partial charge is 0.458 e. The fourth-order valence-corrected chi connectivity index (χ4v) is 5.19. The lowest BCUT2D eigenvalue weighted by Crippen LogP contribution is -2.44. The molecule has 0 aliphatic rings. The highest BCUT2D eigenvalue weighted by Gasteiger charge is 2.29. The van der Waals surface area contributed by atoms with Gasteiger partial charge >= 0.3 is 11.9 Å². The maximum atomic E-state index is 13.7. The van der Waals surface area contributed by atoms with E-state index in [1.165, 1.54) is 57.8 Å². The normalized spacial score (nSPS) is 12.0. The highest BCUT2D eigenvalue weighted by atomic mass is 19.2. The van der Waals surface area contributed by atoms with E-state index in [4.69, 9.17) is 4.74 Å². The van der Waals surface area contributed by atoms with Crippen LogP contribution in [0.15, 0.2) is 0 Å². The van der Waals surface area contributed by atoms with Crippen molar-refractivity contribution in [1.29, 1.82) is 0 Å². The standard InChI is InChI=1S/C37H57F5N2O6/c1-5-6-7-8-9-10-11-12-13-14-15-16-18-21-28(46)44-26(36(48)50-37(2,3)4)23-24-27(45)43-25-20-17-19-22-29(47)49-35-33(41)31(39)30(38)32(40)34(35)42/h26H,5-25H2,1-4H3,(H,43,45)(H,44,46)/t26-/m0/s1. The van der Waals surface area contributed by atoms with E-state index in [1.807, 2.05) is 0 Å². The summed E-state index contributed by atoms with van der Waals surface area (Å²) < 4.78 is 76.9. The van der Waals surface area contributed by atoms with Crippen LogP contribution in [0.5, 0.6) is 5.75 Å². The van der Waals surface area contributed by atoms with E-state index in [0.29, 0.717) is 19.3 Å². The van der Waals surface area contributed by atoms with Crippen LogP contribution in [0.2, 0.25) is 0 Å². The molecule has 2 N–H and O–H groups in total. The number of amides is 2. The van der Waals surface area contributed by atoms with Crippen molar-refractivity contribution in [3.05, 3.63) is 29.1 Å². The monoisotopic (exact) mass is 720 g/mol. The third kappa shape index (κ3) is 19.2. The average molecular weight is 721 g/mol. The molecule has 2 amide bonds. The van der Waals surface area contributed by atoms with Crippen molar-refractivity contribution in [2.45, 2.75) is 168 Å². The lowest BCUT2D eigenvalue weighted by atomic mass is 10.0. The molecule has 50 heavy (non-hydrogen) atoms. The Morgan fingerprint density at radius 2 is 1.06 bits per heavy atom. The Hall–Kier alpha value is -3.25. The number of hydrogen-bond donors (Lipinski definition) is 2. The Balaban J connectivity index is 2.33. The van der Waals surface area contributed by atoms with Gasteiger partial charge in [-0.15, -0.1) is 0 Å². The zero-order chi connectivity index (χ0) is 37.5. The molecule has 0 aromatic heterocycles. The molecule has 0 bridgehead atoms. The first-order valence-electron chi connectivity index (χ1n) is 18.2. The van der Waals surface area contributed by atoms with Gasteiger partial charge in [-0.05, 0) is 46.5 Å². The Bertz CT molecular complexity index is 1180. The lowest BCUT2D eigenvalue weighted by molar-refractivity contribution is -0.159. The van der Waals surface area contributed by atoms with Crippen molar-refractivity contribution in [1.82, 2.24) is 10.6 Å². The smallest absolute Gasteiger partial charge is 0.329 e. The number of nitrogens with one attached hydrogen (secondary N) is 2. The number of esters is 2. The molecule has 0 saturated carbocycles. The quantitative estimate of drug-likeness (QED) is 0.0247. The van der Waals surface area contributed by atoms with Gasteiger partial charge in [-0.2, -0.15) is 8.78 Å². The van der Waals surface area contributed by atoms with Crippen molar-refractivity contribution in [2.24, 2.45) is 0 Å². The van der Waals surface area contributed by atoms with Crippen molar-refractivity contribution in [2.75, 3.05) is 6.54 Å². The van der Waals surface area contributed by atoms with Gasteiger partial charge in [0.25, 0.3) is 0 Å². The molecule has 0 heterocycles. The summed E-state index contributed by atoms with van der Waals surface area (Å²) in [4.78, 5) is 49.7. The summed E-state index contributed by atoms with van der Waals surface area (Å²) in [5, 5.41) is 5.40. The highest BCUT2D eigenvalue weighted by Crippen LogP contribution is 2.29. The van der Waals surface area contributed by atoms with Crippen LogP contribution in [0.3, 0.4) is 0 Å². The molecule has 13 heteroatoms. The summed E-state index contributed by atoms with van der Waals surface area (Å²) in [5.41, 5.74) is -0.780. The number of hydrogen-bond acceptors (Lipinski definition) is 6. The van der Waals surface area contributed by atoms with Crippen LogP contribution in [0, 0.1) is 29.1 Å². The van der Waals surface area contributed by atoms with Crippen molar-refractivity contribution in [3.8, 4) is 5.75 Å². The molecule has 0 spiro atoms. The maximum Gasteiger partial charge on any atom is 0.329 e. The van der Waals surface area contributed by atoms with E-state index >= 15 is 0 Å². The van der Waals surface area contributed by atoms with Gasteiger partial charge in [-0.25, -0.2) is 18.0 Å². The zero-order valence-corrected chi connectivity index (χ0v) is 30.3. The van der Waals surface area contributed by atoms with E-state index in [0.717, 1.165) is 19.3 Å². The number of rotatable bonds is 26. The third-order valence-electron chi connectivity index (χ3n) is 7.96. The van der Waals surface area contributed by atoms with Crippen LogP contribution in [-0.4, -0.2) is 41.9 Å². The SMILES string of the molecule is CCCCCCCCCCCCCCCC(=O)N[C@@H](CCC(=O)NCCCCCC(=O)Oc1c(F)c(F)c(F)c(F)c1F)C(=O)OC(C)(C)C. The average Bonchev–Trinajstić information content (AvgIpc) is 3.06. The maximum absolute atomic E-state index is 13.7. The topological polar surface area (TPSA) is 111 Å². The number of benzene rings is 1. The van der Waals surface area contributed by atoms with E-state index in [1.54, 1.807) is 20.8 Å². The minimum Gasteiger partial charge on any atom is -0.458 e. The third-order valence-corrected chi connectivity index (χ3v) is 7.96. The predicted octanol–water partition coefficient (Wildman–Crippen LogP) is 9.05. The van der Waals surface area contributed by atoms with Crippen LogP contribution < -0.4 is 15.4 Å². The van der Waals surface area contributed by atoms with Gasteiger partial charge in [-0.3, -0.25) is 14.4 Å². The molecule has 0 aliphatic heterocycles. The molecule has 1 aromatic carbocycles. The molecule has 286 valence electrons. The number of ether oxygens (including phenoxy) is 2. The second kappa shape index (κ2) is 24.8. The summed E-state index contributed by atoms with van der Waals surface area (Å²) in [6.45, 7) is 7.57. The lowest BCUT2D eigenvalue weighted by Gasteiger charge is -2.24. The minimum absolute atomic E-state index is 0.0363. The van der Waals surface area contributed by atoms with Crippen molar-refractivity contribution in [3.63, 3.8) is 0 Å². The molecular formula is C37H57F5N2O6. The van der Waals surface area contributed by atoms with Crippen LogP contribution in [0.25, 0.3) is 0 Å². The Morgan fingerprint density at radius 3 is 1.58 bits per heavy atom. The molecule has 0 radical (unpaired) electrons. The van der Waals surface area contributed by atoms with Gasteiger partial charge in [-0.1, -0.05) is 90.4 Å². The number of halogens is 5. The fraction of sp³-hybridized carbons (Fsp3) is 0.730. The predicted molar refractivity (Wildman–Crippen MR) is 181 cm³/mol. The van der Waals surface area contributed by atoms with Gasteiger partial charge in [0, 0.05) is 25.8 Å². The second-order valence-electron chi connectivity index (χ2n) is 13.7. The Kier molecular flexibility index (Phi) is 22.2. The van der Waals surface area contributed by atoms with E-state index in [-0.39, 0.29) is 50.5 Å². The summed E-state index contributed by atoms with van der Waals surface area (Å²) >= 11 is 0. The van der Waals surface area contributed by atoms with Crippen molar-refractivity contribution >= 4 is 23.8 Å². The molecule has 0 fully saturated rings. The molecule has 0 aliphatic carbocycles. The van der Waals surface area contributed by atoms with Gasteiger partial charge in [0.2, 0.25) is 46.6 Å². The van der Waals surface area contributed by atoms with Crippen LogP contribution in [-0.2, 0) is 23.9 Å². The second-order valence-corrected chi connectivity index (χ2v) is 13.7. The van der Waals surface area contributed by atoms with Gasteiger partial charge in [0.05, 0.1) is 0 Å². The van der Waals surface area contributed by atoms with Gasteiger partial charge < -0.3 is 20.1 Å². The molecule has 0 unspecified atom stereocenters. The molecule has 0 saturated heterocycles. The van der Waals surface area contributed by atoms with Crippen LogP contribution in [0.4, 0.5) is 22.0 Å². The summed E-state index contributed by atoms with van der Waals surface area (Å²) in [6, 6.07) is -0.988. The summed E-state index contributed by atoms with van der Waals surface area (Å²) in [6.07, 6.45) is 16.3. The Labute approximate surface area is 294 Å². The fourth-order valence-electron chi connectivity index (χ4n) is 5.19. The number of carbonyl (C=O) groups is 4. The van der Waals surface area contributed by atoms with E-state index in [9.17, 15) is 41.1 Å². The van der Waals surface area contributed by atoms with Gasteiger partial charge in [0.1, 0.15) is 11.6 Å². The molecule has 1 atom stereocenters. The zero-order valence-electron chi connectivity index (χ0n) is 30.3. The number of carbonyl (C=O) groups excluding carboxylic acids is 4. The molecular weight excluding hydrogens is 663 g/mol. The van der Waals surface area contributed by atoms with E-state index in [2.05, 4.69) is 22.3 Å². The Morgan fingerprint density at radius 1 is 0.600 bits per heavy atom. The molecule has 8 nitrogen and oxygen atoms in total. The first-order chi connectivity index (χ1) is 23.7. The van der Waals surface area contributed by atoms with Crippen LogP contribution in [0.1, 0.15) is 156 Å². The minimum atomic E-state index is -2.35. The van der Waals surface area contributed by atoms with Gasteiger partial charge in [0.15, 0.2) is 0 Å². The highest BCUT2D eigenvalue weighted by molar-refractivity contribution is 5.85. The first kappa shape index (κ1) is 44.8.